The van der Waals surface area contributed by atoms with Gasteiger partial charge in [0.1, 0.15) is 0 Å². The van der Waals surface area contributed by atoms with E-state index in [1.807, 2.05) is 38.2 Å². The normalized spacial score (nSPS) is 18.4. The first-order valence-corrected chi connectivity index (χ1v) is 3.66. The maximum atomic E-state index is 9.04. The van der Waals surface area contributed by atoms with Crippen LogP contribution < -0.4 is 0 Å². The Kier molecular flexibility index (Phi) is 4.95. The Hall–Kier alpha value is -0.560. The second kappa shape index (κ2) is 5.24. The molecule has 0 amide bonds. The summed E-state index contributed by atoms with van der Waals surface area (Å²) in [6, 6.07) is 0. The van der Waals surface area contributed by atoms with Crippen LogP contribution in [0.3, 0.4) is 0 Å². The van der Waals surface area contributed by atoms with E-state index in [9.17, 15) is 0 Å². The molecular formula is C9H16O. The SMILES string of the molecule is C/C=C\C=C/C(C)C(C)O. The third-order valence-corrected chi connectivity index (χ3v) is 1.48. The average Bonchev–Trinajstić information content (AvgIpc) is 1.88. The minimum atomic E-state index is -0.249. The van der Waals surface area contributed by atoms with Crippen molar-refractivity contribution in [2.24, 2.45) is 5.92 Å². The predicted octanol–water partition coefficient (Wildman–Crippen LogP) is 2.14. The van der Waals surface area contributed by atoms with E-state index < -0.39 is 0 Å². The number of hydrogen-bond donors (Lipinski definition) is 1. The molecule has 0 radical (unpaired) electrons. The van der Waals surface area contributed by atoms with Crippen LogP contribution in [0.15, 0.2) is 24.3 Å². The maximum Gasteiger partial charge on any atom is 0.0572 e. The van der Waals surface area contributed by atoms with Gasteiger partial charge in [0.15, 0.2) is 0 Å². The summed E-state index contributed by atoms with van der Waals surface area (Å²) in [6.45, 7) is 5.76. The Bertz CT molecular complexity index is 123. The Morgan fingerprint density at radius 2 is 1.80 bits per heavy atom. The van der Waals surface area contributed by atoms with Gasteiger partial charge in [-0.2, -0.15) is 0 Å². The number of hydrogen-bond acceptors (Lipinski definition) is 1. The second-order valence-corrected chi connectivity index (χ2v) is 2.51. The molecule has 0 aliphatic heterocycles. The Morgan fingerprint density at radius 3 is 2.20 bits per heavy atom. The topological polar surface area (TPSA) is 20.2 Å². The van der Waals surface area contributed by atoms with E-state index in [-0.39, 0.29) is 12.0 Å². The van der Waals surface area contributed by atoms with E-state index in [1.54, 1.807) is 6.92 Å². The highest BCUT2D eigenvalue weighted by Crippen LogP contribution is 2.02. The molecule has 0 aromatic carbocycles. The first kappa shape index (κ1) is 9.44. The fourth-order valence-corrected chi connectivity index (χ4v) is 0.511. The van der Waals surface area contributed by atoms with Gasteiger partial charge in [0, 0.05) is 0 Å². The van der Waals surface area contributed by atoms with Gasteiger partial charge in [-0.25, -0.2) is 0 Å². The zero-order valence-corrected chi connectivity index (χ0v) is 6.91. The number of allylic oxidation sites excluding steroid dienone is 3. The van der Waals surface area contributed by atoms with E-state index in [1.165, 1.54) is 0 Å². The molecule has 0 fully saturated rings. The molecule has 1 nitrogen and oxygen atoms in total. The van der Waals surface area contributed by atoms with Gasteiger partial charge in [-0.3, -0.25) is 0 Å². The molecule has 0 aromatic heterocycles. The summed E-state index contributed by atoms with van der Waals surface area (Å²) >= 11 is 0. The summed E-state index contributed by atoms with van der Waals surface area (Å²) in [5.41, 5.74) is 0. The van der Waals surface area contributed by atoms with Crippen molar-refractivity contribution in [2.45, 2.75) is 26.9 Å². The zero-order valence-electron chi connectivity index (χ0n) is 6.91. The fraction of sp³-hybridized carbons (Fsp3) is 0.556. The average molecular weight is 140 g/mol. The van der Waals surface area contributed by atoms with Crippen LogP contribution in [0.2, 0.25) is 0 Å². The molecule has 0 heterocycles. The predicted molar refractivity (Wildman–Crippen MR) is 44.8 cm³/mol. The van der Waals surface area contributed by atoms with E-state index in [4.69, 9.17) is 5.11 Å². The molecule has 0 spiro atoms. The number of aliphatic hydroxyl groups is 1. The van der Waals surface area contributed by atoms with Gasteiger partial charge in [-0.15, -0.1) is 0 Å². The fourth-order valence-electron chi connectivity index (χ4n) is 0.511. The van der Waals surface area contributed by atoms with Crippen molar-refractivity contribution in [1.29, 1.82) is 0 Å². The molecule has 1 N–H and O–H groups in total. The summed E-state index contributed by atoms with van der Waals surface area (Å²) in [5, 5.41) is 9.04. The molecule has 0 rings (SSSR count). The van der Waals surface area contributed by atoms with E-state index >= 15 is 0 Å². The Labute approximate surface area is 63.1 Å². The molecule has 0 saturated heterocycles. The molecular weight excluding hydrogens is 124 g/mol. The quantitative estimate of drug-likeness (QED) is 0.595. The Morgan fingerprint density at radius 1 is 1.20 bits per heavy atom. The van der Waals surface area contributed by atoms with Gasteiger partial charge in [0.2, 0.25) is 0 Å². The van der Waals surface area contributed by atoms with Crippen LogP contribution in [-0.4, -0.2) is 11.2 Å². The zero-order chi connectivity index (χ0) is 7.98. The van der Waals surface area contributed by atoms with E-state index in [2.05, 4.69) is 0 Å². The molecule has 1 heteroatoms. The van der Waals surface area contributed by atoms with Gasteiger partial charge < -0.3 is 5.11 Å². The minimum Gasteiger partial charge on any atom is -0.393 e. The highest BCUT2D eigenvalue weighted by Gasteiger charge is 2.01. The Balaban J connectivity index is 3.66. The van der Waals surface area contributed by atoms with Crippen molar-refractivity contribution < 1.29 is 5.11 Å². The van der Waals surface area contributed by atoms with Crippen LogP contribution >= 0.6 is 0 Å². The van der Waals surface area contributed by atoms with Crippen LogP contribution in [0, 0.1) is 5.92 Å². The van der Waals surface area contributed by atoms with Crippen LogP contribution in [-0.2, 0) is 0 Å². The van der Waals surface area contributed by atoms with Crippen molar-refractivity contribution in [3.8, 4) is 0 Å². The summed E-state index contributed by atoms with van der Waals surface area (Å²) in [6.07, 6.45) is 7.62. The van der Waals surface area contributed by atoms with Crippen molar-refractivity contribution >= 4 is 0 Å². The molecule has 0 saturated carbocycles. The largest absolute Gasteiger partial charge is 0.393 e. The molecule has 2 unspecified atom stereocenters. The molecule has 0 aromatic rings. The van der Waals surface area contributed by atoms with Crippen LogP contribution in [0.25, 0.3) is 0 Å². The van der Waals surface area contributed by atoms with E-state index in [0.29, 0.717) is 0 Å². The summed E-state index contributed by atoms with van der Waals surface area (Å²) in [7, 11) is 0. The smallest absolute Gasteiger partial charge is 0.0572 e. The molecule has 0 bridgehead atoms. The van der Waals surface area contributed by atoms with E-state index in [0.717, 1.165) is 0 Å². The summed E-state index contributed by atoms with van der Waals surface area (Å²) in [4.78, 5) is 0. The van der Waals surface area contributed by atoms with Crippen molar-refractivity contribution in [3.63, 3.8) is 0 Å². The molecule has 0 aliphatic carbocycles. The van der Waals surface area contributed by atoms with Crippen molar-refractivity contribution in [1.82, 2.24) is 0 Å². The van der Waals surface area contributed by atoms with Gasteiger partial charge in [-0.05, 0) is 19.8 Å². The van der Waals surface area contributed by atoms with Crippen molar-refractivity contribution in [2.75, 3.05) is 0 Å². The second-order valence-electron chi connectivity index (χ2n) is 2.51. The lowest BCUT2D eigenvalue weighted by Gasteiger charge is -2.07. The first-order valence-electron chi connectivity index (χ1n) is 3.66. The molecule has 10 heavy (non-hydrogen) atoms. The van der Waals surface area contributed by atoms with Crippen LogP contribution in [0.5, 0.6) is 0 Å². The van der Waals surface area contributed by atoms with Gasteiger partial charge in [0.25, 0.3) is 0 Å². The van der Waals surface area contributed by atoms with Crippen LogP contribution in [0.4, 0.5) is 0 Å². The first-order chi connectivity index (χ1) is 4.68. The van der Waals surface area contributed by atoms with Crippen LogP contribution in [0.1, 0.15) is 20.8 Å². The third kappa shape index (κ3) is 4.33. The summed E-state index contributed by atoms with van der Waals surface area (Å²) in [5.74, 6) is 0.246. The van der Waals surface area contributed by atoms with Crippen molar-refractivity contribution in [3.05, 3.63) is 24.3 Å². The number of aliphatic hydroxyl groups excluding tert-OH is 1. The monoisotopic (exact) mass is 140 g/mol. The molecule has 0 aliphatic rings. The highest BCUT2D eigenvalue weighted by atomic mass is 16.3. The number of rotatable bonds is 3. The lowest BCUT2D eigenvalue weighted by atomic mass is 10.1. The van der Waals surface area contributed by atoms with Gasteiger partial charge in [-0.1, -0.05) is 31.2 Å². The third-order valence-electron chi connectivity index (χ3n) is 1.48. The molecule has 2 atom stereocenters. The van der Waals surface area contributed by atoms with Gasteiger partial charge in [0.05, 0.1) is 6.10 Å². The maximum absolute atomic E-state index is 9.04. The lowest BCUT2D eigenvalue weighted by Crippen LogP contribution is -2.09. The highest BCUT2D eigenvalue weighted by molar-refractivity contribution is 5.03. The minimum absolute atomic E-state index is 0.246. The standard InChI is InChI=1S/C9H16O/c1-4-5-6-7-8(2)9(3)10/h4-10H,1-3H3/b5-4-,7-6-. The molecule has 58 valence electrons. The lowest BCUT2D eigenvalue weighted by molar-refractivity contribution is 0.157. The van der Waals surface area contributed by atoms with Gasteiger partial charge >= 0.3 is 0 Å². The summed E-state index contributed by atoms with van der Waals surface area (Å²) < 4.78 is 0.